The normalized spacial score (nSPS) is 18.2. The average molecular weight is 346 g/mol. The van der Waals surface area contributed by atoms with Gasteiger partial charge in [0.2, 0.25) is 5.91 Å². The lowest BCUT2D eigenvalue weighted by molar-refractivity contribution is -0.119. The molecule has 0 saturated carbocycles. The van der Waals surface area contributed by atoms with E-state index in [4.69, 9.17) is 4.74 Å². The number of aromatic amines is 1. The van der Waals surface area contributed by atoms with E-state index in [0.29, 0.717) is 13.2 Å². The number of morpholine rings is 1. The van der Waals surface area contributed by atoms with Crippen molar-refractivity contribution < 1.29 is 13.9 Å². The van der Waals surface area contributed by atoms with Crippen LogP contribution in [0.2, 0.25) is 0 Å². The number of rotatable bonds is 6. The molecule has 6 nitrogen and oxygen atoms in total. The fourth-order valence-electron chi connectivity index (χ4n) is 2.86. The molecule has 134 valence electrons. The van der Waals surface area contributed by atoms with E-state index in [1.165, 1.54) is 19.1 Å². The smallest absolute Gasteiger partial charge is 0.217 e. The van der Waals surface area contributed by atoms with Gasteiger partial charge in [0.15, 0.2) is 0 Å². The van der Waals surface area contributed by atoms with Gasteiger partial charge in [0, 0.05) is 26.6 Å². The van der Waals surface area contributed by atoms with Gasteiger partial charge in [-0.2, -0.15) is 0 Å². The molecule has 1 saturated heterocycles. The monoisotopic (exact) mass is 346 g/mol. The molecule has 2 aromatic rings. The number of halogens is 1. The van der Waals surface area contributed by atoms with Gasteiger partial charge >= 0.3 is 0 Å². The van der Waals surface area contributed by atoms with Crippen LogP contribution in [-0.4, -0.2) is 47.0 Å². The Balaban J connectivity index is 1.52. The van der Waals surface area contributed by atoms with Crippen LogP contribution < -0.4 is 5.32 Å². The molecule has 0 bridgehead atoms. The summed E-state index contributed by atoms with van der Waals surface area (Å²) in [7, 11) is 0. The first kappa shape index (κ1) is 17.6. The molecular weight excluding hydrogens is 323 g/mol. The van der Waals surface area contributed by atoms with Crippen molar-refractivity contribution >= 4 is 5.91 Å². The number of aromatic nitrogens is 2. The molecule has 1 aliphatic heterocycles. The molecule has 7 heteroatoms. The molecule has 2 N–H and O–H groups in total. The van der Waals surface area contributed by atoms with E-state index >= 15 is 0 Å². The second kappa shape index (κ2) is 8.22. The fourth-order valence-corrected chi connectivity index (χ4v) is 2.86. The molecule has 1 aliphatic rings. The number of nitrogens with one attached hydrogen (secondary N) is 2. The Kier molecular flexibility index (Phi) is 5.78. The third-order valence-electron chi connectivity index (χ3n) is 4.26. The zero-order chi connectivity index (χ0) is 17.6. The average Bonchev–Trinajstić information content (AvgIpc) is 3.09. The van der Waals surface area contributed by atoms with E-state index in [0.717, 1.165) is 43.1 Å². The highest BCUT2D eigenvalue weighted by Crippen LogP contribution is 2.20. The summed E-state index contributed by atoms with van der Waals surface area (Å²) in [6.45, 7) is 5.09. The molecule has 1 unspecified atom stereocenters. The minimum Gasteiger partial charge on any atom is -0.368 e. The zero-order valence-corrected chi connectivity index (χ0v) is 14.3. The molecule has 0 spiro atoms. The number of benzene rings is 1. The molecule has 1 fully saturated rings. The van der Waals surface area contributed by atoms with Crippen LogP contribution in [0.25, 0.3) is 0 Å². The third kappa shape index (κ3) is 5.11. The number of carbonyl (C=O) groups excluding carboxylic acids is 1. The summed E-state index contributed by atoms with van der Waals surface area (Å²) in [5, 5.41) is 2.74. The first-order valence-electron chi connectivity index (χ1n) is 8.47. The number of amides is 1. The summed E-state index contributed by atoms with van der Waals surface area (Å²) in [4.78, 5) is 20.9. The number of hydrogen-bond donors (Lipinski definition) is 2. The van der Waals surface area contributed by atoms with Crippen molar-refractivity contribution in [1.82, 2.24) is 20.2 Å². The van der Waals surface area contributed by atoms with Crippen molar-refractivity contribution in [2.75, 3.05) is 26.2 Å². The number of imidazole rings is 1. The van der Waals surface area contributed by atoms with Crippen molar-refractivity contribution in [3.8, 4) is 0 Å². The van der Waals surface area contributed by atoms with Crippen LogP contribution in [0.4, 0.5) is 4.39 Å². The van der Waals surface area contributed by atoms with Gasteiger partial charge in [-0.15, -0.1) is 0 Å². The first-order chi connectivity index (χ1) is 12.1. The molecule has 1 aromatic carbocycles. The van der Waals surface area contributed by atoms with E-state index in [1.807, 2.05) is 12.1 Å². The number of hydrogen-bond acceptors (Lipinski definition) is 4. The lowest BCUT2D eigenvalue weighted by Gasteiger charge is -2.32. The van der Waals surface area contributed by atoms with Gasteiger partial charge in [-0.05, 0) is 24.1 Å². The van der Waals surface area contributed by atoms with Gasteiger partial charge in [-0.1, -0.05) is 12.1 Å². The molecule has 0 aliphatic carbocycles. The topological polar surface area (TPSA) is 70.2 Å². The maximum Gasteiger partial charge on any atom is 0.217 e. The molecule has 1 amide bonds. The molecular formula is C18H23FN4O2. The van der Waals surface area contributed by atoms with Crippen LogP contribution in [0, 0.1) is 5.82 Å². The summed E-state index contributed by atoms with van der Waals surface area (Å²) in [5.41, 5.74) is 1.98. The first-order valence-corrected chi connectivity index (χ1v) is 8.47. The highest BCUT2D eigenvalue weighted by molar-refractivity contribution is 5.72. The number of H-pyrrole nitrogens is 1. The lowest BCUT2D eigenvalue weighted by Crippen LogP contribution is -2.39. The largest absolute Gasteiger partial charge is 0.368 e. The van der Waals surface area contributed by atoms with Crippen LogP contribution in [0.5, 0.6) is 0 Å². The number of ether oxygens (including phenoxy) is 1. The molecule has 25 heavy (non-hydrogen) atoms. The van der Waals surface area contributed by atoms with Gasteiger partial charge in [-0.3, -0.25) is 9.69 Å². The summed E-state index contributed by atoms with van der Waals surface area (Å²) >= 11 is 0. The summed E-state index contributed by atoms with van der Waals surface area (Å²) in [6, 6.07) is 6.65. The fraction of sp³-hybridized carbons (Fsp3) is 0.444. The van der Waals surface area contributed by atoms with Crippen LogP contribution in [0.15, 0.2) is 30.5 Å². The van der Waals surface area contributed by atoms with Gasteiger partial charge in [0.25, 0.3) is 0 Å². The predicted molar refractivity (Wildman–Crippen MR) is 91.3 cm³/mol. The highest BCUT2D eigenvalue weighted by atomic mass is 19.1. The van der Waals surface area contributed by atoms with E-state index < -0.39 is 0 Å². The Morgan fingerprint density at radius 2 is 2.24 bits per heavy atom. The Bertz CT molecular complexity index is 701. The second-order valence-electron chi connectivity index (χ2n) is 6.24. The highest BCUT2D eigenvalue weighted by Gasteiger charge is 2.24. The van der Waals surface area contributed by atoms with E-state index in [-0.39, 0.29) is 17.8 Å². The van der Waals surface area contributed by atoms with Crippen molar-refractivity contribution in [3.05, 3.63) is 53.4 Å². The van der Waals surface area contributed by atoms with E-state index in [1.54, 1.807) is 6.20 Å². The van der Waals surface area contributed by atoms with Crippen molar-refractivity contribution in [2.45, 2.75) is 26.0 Å². The molecule has 1 aromatic heterocycles. The Morgan fingerprint density at radius 1 is 1.44 bits per heavy atom. The Hall–Kier alpha value is -2.25. The van der Waals surface area contributed by atoms with Gasteiger partial charge in [0.05, 0.1) is 25.0 Å². The molecule has 0 radical (unpaired) electrons. The maximum atomic E-state index is 13.0. The maximum absolute atomic E-state index is 13.0. The van der Waals surface area contributed by atoms with Crippen LogP contribution in [0.1, 0.15) is 30.1 Å². The predicted octanol–water partition coefficient (Wildman–Crippen LogP) is 1.80. The van der Waals surface area contributed by atoms with Crippen molar-refractivity contribution in [2.24, 2.45) is 0 Å². The zero-order valence-electron chi connectivity index (χ0n) is 14.3. The minimum atomic E-state index is -0.205. The second-order valence-corrected chi connectivity index (χ2v) is 6.24. The van der Waals surface area contributed by atoms with Gasteiger partial charge in [-0.25, -0.2) is 9.37 Å². The molecule has 1 atom stereocenters. The van der Waals surface area contributed by atoms with E-state index in [9.17, 15) is 9.18 Å². The summed E-state index contributed by atoms with van der Waals surface area (Å²) in [6.07, 6.45) is 2.50. The third-order valence-corrected chi connectivity index (χ3v) is 4.26. The number of carbonyl (C=O) groups is 1. The van der Waals surface area contributed by atoms with E-state index in [2.05, 4.69) is 20.2 Å². The standard InChI is InChI=1S/C18H23FN4O2/c1-13(24)20-10-16-11-21-18(22-16)17-12-23(8-9-25-17)7-6-14-2-4-15(19)5-3-14/h2-5,11,17H,6-10,12H2,1H3,(H,20,24)(H,21,22). The van der Waals surface area contributed by atoms with Gasteiger partial charge < -0.3 is 15.0 Å². The summed E-state index contributed by atoms with van der Waals surface area (Å²) in [5.74, 6) is 0.506. The van der Waals surface area contributed by atoms with Crippen LogP contribution >= 0.6 is 0 Å². The van der Waals surface area contributed by atoms with Crippen LogP contribution in [-0.2, 0) is 22.5 Å². The Morgan fingerprint density at radius 3 is 3.00 bits per heavy atom. The minimum absolute atomic E-state index is 0.0722. The summed E-state index contributed by atoms with van der Waals surface area (Å²) < 4.78 is 18.8. The van der Waals surface area contributed by atoms with Crippen molar-refractivity contribution in [1.29, 1.82) is 0 Å². The quantitative estimate of drug-likeness (QED) is 0.837. The SMILES string of the molecule is CC(=O)NCc1cnc(C2CN(CCc3ccc(F)cc3)CCO2)[nH]1. The molecule has 3 rings (SSSR count). The van der Waals surface area contributed by atoms with Crippen molar-refractivity contribution in [3.63, 3.8) is 0 Å². The lowest BCUT2D eigenvalue weighted by atomic mass is 10.1. The molecule has 2 heterocycles. The van der Waals surface area contributed by atoms with Gasteiger partial charge in [0.1, 0.15) is 17.7 Å². The van der Waals surface area contributed by atoms with Crippen LogP contribution in [0.3, 0.4) is 0 Å². The Labute approximate surface area is 146 Å². The number of nitrogens with zero attached hydrogens (tertiary/aromatic N) is 2.